The number of anilines is 1. The van der Waals surface area contributed by atoms with Crippen molar-refractivity contribution in [2.75, 3.05) is 11.9 Å². The molecule has 0 radical (unpaired) electrons. The topological polar surface area (TPSA) is 81.9 Å². The number of ether oxygens (including phenoxy) is 1. The molecule has 0 bridgehead atoms. The molecular formula is C15H11F2N5O2. The number of halogens is 2. The van der Waals surface area contributed by atoms with E-state index in [-0.39, 0.29) is 5.75 Å². The molecular weight excluding hydrogens is 320 g/mol. The molecule has 2 aromatic heterocycles. The summed E-state index contributed by atoms with van der Waals surface area (Å²) in [5, 5.41) is 6.48. The molecule has 1 aromatic carbocycles. The van der Waals surface area contributed by atoms with Gasteiger partial charge in [-0.15, -0.1) is 0 Å². The van der Waals surface area contributed by atoms with Gasteiger partial charge in [0.1, 0.15) is 18.5 Å². The fourth-order valence-corrected chi connectivity index (χ4v) is 1.85. The highest BCUT2D eigenvalue weighted by Crippen LogP contribution is 2.17. The van der Waals surface area contributed by atoms with Crippen LogP contribution in [0.2, 0.25) is 0 Å². The molecule has 2 heterocycles. The lowest BCUT2D eigenvalue weighted by atomic mass is 10.3. The zero-order chi connectivity index (χ0) is 16.9. The average molecular weight is 331 g/mol. The van der Waals surface area contributed by atoms with Crippen LogP contribution in [0.5, 0.6) is 5.75 Å². The van der Waals surface area contributed by atoms with Crippen molar-refractivity contribution in [2.45, 2.75) is 0 Å². The lowest BCUT2D eigenvalue weighted by Gasteiger charge is -2.08. The summed E-state index contributed by atoms with van der Waals surface area (Å²) in [7, 11) is 0. The van der Waals surface area contributed by atoms with Crippen LogP contribution in [0, 0.1) is 11.6 Å². The molecule has 0 unspecified atom stereocenters. The summed E-state index contributed by atoms with van der Waals surface area (Å²) >= 11 is 0. The Bertz CT molecular complexity index is 838. The second-order valence-corrected chi connectivity index (χ2v) is 4.66. The van der Waals surface area contributed by atoms with Crippen LogP contribution in [0.4, 0.5) is 14.5 Å². The molecule has 0 aliphatic carbocycles. The molecule has 0 atom stereocenters. The van der Waals surface area contributed by atoms with Gasteiger partial charge in [0.05, 0.1) is 11.9 Å². The van der Waals surface area contributed by atoms with Gasteiger partial charge in [0.25, 0.3) is 5.91 Å². The molecule has 1 N–H and O–H groups in total. The Hall–Kier alpha value is -3.36. The number of aromatic nitrogens is 4. The Labute approximate surface area is 134 Å². The monoisotopic (exact) mass is 331 g/mol. The summed E-state index contributed by atoms with van der Waals surface area (Å²) in [6.07, 6.45) is 4.31. The van der Waals surface area contributed by atoms with E-state index in [9.17, 15) is 13.6 Å². The first kappa shape index (κ1) is 15.5. The Balaban J connectivity index is 1.56. The van der Waals surface area contributed by atoms with Crippen molar-refractivity contribution in [2.24, 2.45) is 0 Å². The molecule has 9 heteroatoms. The minimum absolute atomic E-state index is 0.203. The third-order valence-corrected chi connectivity index (χ3v) is 2.94. The Kier molecular flexibility index (Phi) is 4.41. The van der Waals surface area contributed by atoms with E-state index in [0.717, 1.165) is 12.1 Å². The van der Waals surface area contributed by atoms with Crippen molar-refractivity contribution in [1.29, 1.82) is 0 Å². The van der Waals surface area contributed by atoms with Crippen molar-refractivity contribution in [3.8, 4) is 11.6 Å². The summed E-state index contributed by atoms with van der Waals surface area (Å²) in [6.45, 7) is -0.423. The van der Waals surface area contributed by atoms with Gasteiger partial charge in [-0.2, -0.15) is 5.10 Å². The van der Waals surface area contributed by atoms with Crippen LogP contribution in [0.25, 0.3) is 5.82 Å². The number of carbonyl (C=O) groups excluding carboxylic acids is 1. The van der Waals surface area contributed by atoms with E-state index in [1.165, 1.54) is 23.5 Å². The molecule has 122 valence electrons. The number of benzene rings is 1. The van der Waals surface area contributed by atoms with E-state index >= 15 is 0 Å². The second-order valence-electron chi connectivity index (χ2n) is 4.66. The van der Waals surface area contributed by atoms with E-state index in [2.05, 4.69) is 20.4 Å². The van der Waals surface area contributed by atoms with Crippen LogP contribution in [0.15, 0.2) is 49.2 Å². The van der Waals surface area contributed by atoms with Gasteiger partial charge >= 0.3 is 0 Å². The molecule has 7 nitrogen and oxygen atoms in total. The largest absolute Gasteiger partial charge is 0.481 e. The van der Waals surface area contributed by atoms with Crippen molar-refractivity contribution >= 4 is 11.6 Å². The lowest BCUT2D eigenvalue weighted by molar-refractivity contribution is -0.118. The number of nitrogens with zero attached hydrogens (tertiary/aromatic N) is 4. The Morgan fingerprint density at radius 1 is 1.25 bits per heavy atom. The highest BCUT2D eigenvalue weighted by Gasteiger charge is 2.09. The Morgan fingerprint density at radius 3 is 2.79 bits per heavy atom. The summed E-state index contributed by atoms with van der Waals surface area (Å²) in [5.41, 5.74) is 0.437. The lowest BCUT2D eigenvalue weighted by Crippen LogP contribution is -2.20. The second kappa shape index (κ2) is 6.82. The van der Waals surface area contributed by atoms with Gasteiger partial charge in [0.2, 0.25) is 0 Å². The van der Waals surface area contributed by atoms with Crippen molar-refractivity contribution in [1.82, 2.24) is 19.7 Å². The van der Waals surface area contributed by atoms with Crippen LogP contribution in [0.3, 0.4) is 0 Å². The van der Waals surface area contributed by atoms with Crippen LogP contribution in [-0.2, 0) is 4.79 Å². The van der Waals surface area contributed by atoms with Gasteiger partial charge in [0.15, 0.2) is 24.0 Å². The predicted molar refractivity (Wildman–Crippen MR) is 79.6 cm³/mol. The van der Waals surface area contributed by atoms with E-state index in [0.29, 0.717) is 17.6 Å². The maximum atomic E-state index is 13.4. The molecule has 1 amide bonds. The van der Waals surface area contributed by atoms with Gasteiger partial charge in [-0.3, -0.25) is 4.79 Å². The highest BCUT2D eigenvalue weighted by atomic mass is 19.1. The highest BCUT2D eigenvalue weighted by molar-refractivity contribution is 5.91. The third-order valence-electron chi connectivity index (χ3n) is 2.94. The first-order valence-electron chi connectivity index (χ1n) is 6.80. The molecule has 3 rings (SSSR count). The van der Waals surface area contributed by atoms with E-state index in [4.69, 9.17) is 4.74 Å². The molecule has 0 saturated heterocycles. The fraction of sp³-hybridized carbons (Fsp3) is 0.0667. The van der Waals surface area contributed by atoms with Crippen LogP contribution in [-0.4, -0.2) is 32.3 Å². The van der Waals surface area contributed by atoms with Crippen LogP contribution in [0.1, 0.15) is 0 Å². The predicted octanol–water partition coefficient (Wildman–Crippen LogP) is 1.96. The van der Waals surface area contributed by atoms with Crippen LogP contribution < -0.4 is 10.1 Å². The number of rotatable bonds is 5. The van der Waals surface area contributed by atoms with Gasteiger partial charge in [-0.25, -0.2) is 23.4 Å². The quantitative estimate of drug-likeness (QED) is 0.773. The number of carbonyl (C=O) groups is 1. The number of nitrogens with one attached hydrogen (secondary N) is 1. The molecule has 3 aromatic rings. The zero-order valence-corrected chi connectivity index (χ0v) is 12.2. The van der Waals surface area contributed by atoms with Gasteiger partial charge in [-0.05, 0) is 24.3 Å². The smallest absolute Gasteiger partial charge is 0.262 e. The number of pyridine rings is 1. The minimum atomic E-state index is -0.873. The van der Waals surface area contributed by atoms with Crippen molar-refractivity contribution < 1.29 is 18.3 Å². The number of hydrogen-bond donors (Lipinski definition) is 1. The first-order chi connectivity index (χ1) is 11.6. The standard InChI is InChI=1S/C15H11F2N5O2/c16-10-1-3-13(12(17)5-10)24-7-15(23)21-11-2-4-14(19-6-11)22-9-18-8-20-22/h1-6,8-9H,7H2,(H,21,23). The molecule has 24 heavy (non-hydrogen) atoms. The zero-order valence-electron chi connectivity index (χ0n) is 12.2. The molecule has 0 aliphatic rings. The minimum Gasteiger partial charge on any atom is -0.481 e. The molecule has 0 fully saturated rings. The SMILES string of the molecule is O=C(COc1ccc(F)cc1F)Nc1ccc(-n2cncn2)nc1. The summed E-state index contributed by atoms with van der Waals surface area (Å²) in [6, 6.07) is 6.11. The van der Waals surface area contributed by atoms with Crippen molar-refractivity contribution in [3.63, 3.8) is 0 Å². The maximum absolute atomic E-state index is 13.4. The molecule has 0 saturated carbocycles. The number of amides is 1. The molecule has 0 aliphatic heterocycles. The summed E-state index contributed by atoms with van der Waals surface area (Å²) < 4.78 is 32.6. The number of hydrogen-bond acceptors (Lipinski definition) is 5. The van der Waals surface area contributed by atoms with E-state index < -0.39 is 24.1 Å². The van der Waals surface area contributed by atoms with Gasteiger partial charge in [0, 0.05) is 6.07 Å². The fourth-order valence-electron chi connectivity index (χ4n) is 1.85. The van der Waals surface area contributed by atoms with E-state index in [1.807, 2.05) is 0 Å². The summed E-state index contributed by atoms with van der Waals surface area (Å²) in [4.78, 5) is 19.7. The summed E-state index contributed by atoms with van der Waals surface area (Å²) in [5.74, 6) is -1.76. The van der Waals surface area contributed by atoms with E-state index in [1.54, 1.807) is 12.1 Å². The first-order valence-corrected chi connectivity index (χ1v) is 6.80. The van der Waals surface area contributed by atoms with Crippen LogP contribution >= 0.6 is 0 Å². The maximum Gasteiger partial charge on any atom is 0.262 e. The van der Waals surface area contributed by atoms with Gasteiger partial charge < -0.3 is 10.1 Å². The normalized spacial score (nSPS) is 10.4. The Morgan fingerprint density at radius 2 is 2.12 bits per heavy atom. The third kappa shape index (κ3) is 3.69. The van der Waals surface area contributed by atoms with Crippen molar-refractivity contribution in [3.05, 3.63) is 60.8 Å². The van der Waals surface area contributed by atoms with Gasteiger partial charge in [-0.1, -0.05) is 0 Å². The average Bonchev–Trinajstić information content (AvgIpc) is 3.09. The molecule has 0 spiro atoms.